The molecule has 0 aliphatic heterocycles. The van der Waals surface area contributed by atoms with Gasteiger partial charge in [0.15, 0.2) is 0 Å². The summed E-state index contributed by atoms with van der Waals surface area (Å²) in [6.45, 7) is 3.32. The van der Waals surface area contributed by atoms with E-state index in [4.69, 9.17) is 5.26 Å². The Labute approximate surface area is 189 Å². The van der Waals surface area contributed by atoms with Crippen molar-refractivity contribution in [3.63, 3.8) is 0 Å². The molecule has 0 heterocycles. The molecule has 0 saturated heterocycles. The standard InChI is InChI=1S/C23H28N4O4.CH4/c1-3-17-5-7-18(8-6-17)19-9-11-20(12-10-19)22(29)26-21(16(2)28)15-27(31)23(30)25-14-4-13-24;/h5-12,16,21,28,31H,3-4,14-15H2,1-2H3,(H,25,30)(H,26,29);1H4/t16-,21-;/m1./s1. The van der Waals surface area contributed by atoms with E-state index in [0.717, 1.165) is 17.5 Å². The predicted octanol–water partition coefficient (Wildman–Crippen LogP) is 3.35. The molecule has 2 aromatic rings. The van der Waals surface area contributed by atoms with Gasteiger partial charge < -0.3 is 15.7 Å². The number of amides is 3. The quantitative estimate of drug-likeness (QED) is 0.270. The zero-order chi connectivity index (χ0) is 22.8. The topological polar surface area (TPSA) is 126 Å². The van der Waals surface area contributed by atoms with Crippen molar-refractivity contribution in [1.82, 2.24) is 15.7 Å². The van der Waals surface area contributed by atoms with Gasteiger partial charge in [-0.15, -0.1) is 0 Å². The lowest BCUT2D eigenvalue weighted by atomic mass is 10.0. The monoisotopic (exact) mass is 440 g/mol. The van der Waals surface area contributed by atoms with Crippen LogP contribution in [-0.2, 0) is 6.42 Å². The highest BCUT2D eigenvalue weighted by molar-refractivity contribution is 5.95. The summed E-state index contributed by atoms with van der Waals surface area (Å²) in [5, 5.41) is 33.7. The first-order valence-corrected chi connectivity index (χ1v) is 10.1. The number of carbonyl (C=O) groups excluding carboxylic acids is 2. The van der Waals surface area contributed by atoms with E-state index in [2.05, 4.69) is 29.7 Å². The lowest BCUT2D eigenvalue weighted by Crippen LogP contribution is -2.51. The Hall–Kier alpha value is -3.41. The van der Waals surface area contributed by atoms with Crippen molar-refractivity contribution < 1.29 is 19.9 Å². The van der Waals surface area contributed by atoms with Gasteiger partial charge in [0, 0.05) is 12.1 Å². The second-order valence-corrected chi connectivity index (χ2v) is 7.17. The average molecular weight is 441 g/mol. The highest BCUT2D eigenvalue weighted by atomic mass is 16.5. The molecule has 172 valence electrons. The molecule has 0 aliphatic rings. The lowest BCUT2D eigenvalue weighted by Gasteiger charge is -2.25. The van der Waals surface area contributed by atoms with Gasteiger partial charge in [-0.2, -0.15) is 5.26 Å². The van der Waals surface area contributed by atoms with Crippen LogP contribution in [0.25, 0.3) is 11.1 Å². The number of urea groups is 1. The van der Waals surface area contributed by atoms with Crippen molar-refractivity contribution in [2.75, 3.05) is 13.1 Å². The molecule has 2 rings (SSSR count). The van der Waals surface area contributed by atoms with E-state index in [1.807, 2.05) is 30.3 Å². The molecule has 8 nitrogen and oxygen atoms in total. The number of hydroxylamine groups is 2. The fraction of sp³-hybridized carbons (Fsp3) is 0.375. The summed E-state index contributed by atoms with van der Waals surface area (Å²) in [5.41, 5.74) is 3.66. The van der Waals surface area contributed by atoms with E-state index in [1.165, 1.54) is 12.5 Å². The Balaban J connectivity index is 0.00000512. The summed E-state index contributed by atoms with van der Waals surface area (Å²) in [6, 6.07) is 15.4. The third kappa shape index (κ3) is 7.69. The smallest absolute Gasteiger partial charge is 0.341 e. The van der Waals surface area contributed by atoms with Crippen molar-refractivity contribution in [3.05, 3.63) is 59.7 Å². The number of aliphatic hydroxyl groups excluding tert-OH is 1. The molecule has 0 radical (unpaired) electrons. The fourth-order valence-corrected chi connectivity index (χ4v) is 2.90. The summed E-state index contributed by atoms with van der Waals surface area (Å²) in [7, 11) is 0. The Morgan fingerprint density at radius 3 is 2.16 bits per heavy atom. The van der Waals surface area contributed by atoms with Crippen LogP contribution in [0.4, 0.5) is 4.79 Å². The van der Waals surface area contributed by atoms with Crippen molar-refractivity contribution in [1.29, 1.82) is 5.26 Å². The molecule has 0 bridgehead atoms. The number of nitriles is 1. The van der Waals surface area contributed by atoms with Gasteiger partial charge in [-0.25, -0.2) is 9.86 Å². The minimum atomic E-state index is -1.01. The number of carbonyl (C=O) groups is 2. The summed E-state index contributed by atoms with van der Waals surface area (Å²) in [6.07, 6.45) is 0.0628. The molecule has 0 aromatic heterocycles. The van der Waals surface area contributed by atoms with Gasteiger partial charge in [-0.3, -0.25) is 10.0 Å². The molecular weight excluding hydrogens is 408 g/mol. The highest BCUT2D eigenvalue weighted by Crippen LogP contribution is 2.20. The number of nitrogens with zero attached hydrogens (tertiary/aromatic N) is 2. The predicted molar refractivity (Wildman–Crippen MR) is 123 cm³/mol. The fourth-order valence-electron chi connectivity index (χ4n) is 2.90. The number of hydrogen-bond donors (Lipinski definition) is 4. The molecule has 0 unspecified atom stereocenters. The second-order valence-electron chi connectivity index (χ2n) is 7.17. The molecule has 32 heavy (non-hydrogen) atoms. The third-order valence-corrected chi connectivity index (χ3v) is 4.86. The molecular formula is C24H32N4O4. The van der Waals surface area contributed by atoms with Crippen molar-refractivity contribution in [2.45, 2.75) is 46.3 Å². The Morgan fingerprint density at radius 1 is 1.09 bits per heavy atom. The van der Waals surface area contributed by atoms with Crippen LogP contribution in [-0.4, -0.2) is 52.6 Å². The normalized spacial score (nSPS) is 12.0. The van der Waals surface area contributed by atoms with Crippen LogP contribution in [0.3, 0.4) is 0 Å². The second kappa shape index (κ2) is 13.1. The minimum Gasteiger partial charge on any atom is -0.391 e. The SMILES string of the molecule is C.CCc1ccc(-c2ccc(C(=O)N[C@H](CN(O)C(=O)NCCC#N)[C@@H](C)O)cc2)cc1. The number of benzene rings is 2. The Morgan fingerprint density at radius 2 is 1.66 bits per heavy atom. The molecule has 3 amide bonds. The van der Waals surface area contributed by atoms with Crippen LogP contribution in [0.15, 0.2) is 48.5 Å². The highest BCUT2D eigenvalue weighted by Gasteiger charge is 2.23. The van der Waals surface area contributed by atoms with E-state index in [0.29, 0.717) is 10.6 Å². The van der Waals surface area contributed by atoms with Crippen molar-refractivity contribution in [2.24, 2.45) is 0 Å². The van der Waals surface area contributed by atoms with E-state index in [1.54, 1.807) is 12.1 Å². The first-order chi connectivity index (χ1) is 14.8. The third-order valence-electron chi connectivity index (χ3n) is 4.86. The van der Waals surface area contributed by atoms with Gasteiger partial charge in [0.1, 0.15) is 0 Å². The van der Waals surface area contributed by atoms with Crippen LogP contribution in [0, 0.1) is 11.3 Å². The average Bonchev–Trinajstić information content (AvgIpc) is 2.78. The molecule has 4 N–H and O–H groups in total. The zero-order valence-electron chi connectivity index (χ0n) is 17.7. The van der Waals surface area contributed by atoms with Crippen LogP contribution < -0.4 is 10.6 Å². The van der Waals surface area contributed by atoms with Gasteiger partial charge in [0.05, 0.1) is 31.2 Å². The summed E-state index contributed by atoms with van der Waals surface area (Å²) < 4.78 is 0. The molecule has 0 spiro atoms. The number of aryl methyl sites for hydroxylation is 1. The van der Waals surface area contributed by atoms with E-state index >= 15 is 0 Å². The summed E-state index contributed by atoms with van der Waals surface area (Å²) in [5.74, 6) is -0.433. The van der Waals surface area contributed by atoms with Crippen LogP contribution in [0.2, 0.25) is 0 Å². The molecule has 0 fully saturated rings. The maximum absolute atomic E-state index is 12.6. The number of nitrogens with one attached hydrogen (secondary N) is 2. The minimum absolute atomic E-state index is 0. The Bertz CT molecular complexity index is 905. The van der Waals surface area contributed by atoms with Gasteiger partial charge in [0.2, 0.25) is 0 Å². The lowest BCUT2D eigenvalue weighted by molar-refractivity contribution is -0.0577. The maximum atomic E-state index is 12.6. The largest absolute Gasteiger partial charge is 0.391 e. The molecule has 8 heteroatoms. The van der Waals surface area contributed by atoms with Crippen LogP contribution in [0.5, 0.6) is 0 Å². The first-order valence-electron chi connectivity index (χ1n) is 10.1. The Kier molecular flexibility index (Phi) is 10.9. The summed E-state index contributed by atoms with van der Waals surface area (Å²) in [4.78, 5) is 24.4. The first kappa shape index (κ1) is 26.6. The summed E-state index contributed by atoms with van der Waals surface area (Å²) >= 11 is 0. The number of aliphatic hydroxyl groups is 1. The zero-order valence-corrected chi connectivity index (χ0v) is 17.7. The van der Waals surface area contributed by atoms with Gasteiger partial charge >= 0.3 is 6.03 Å². The van der Waals surface area contributed by atoms with Crippen LogP contribution in [0.1, 0.15) is 43.6 Å². The van der Waals surface area contributed by atoms with E-state index < -0.39 is 24.1 Å². The molecule has 2 atom stereocenters. The van der Waals surface area contributed by atoms with Crippen LogP contribution >= 0.6 is 0 Å². The van der Waals surface area contributed by atoms with Gasteiger partial charge in [-0.1, -0.05) is 50.7 Å². The van der Waals surface area contributed by atoms with Gasteiger partial charge in [0.25, 0.3) is 5.91 Å². The van der Waals surface area contributed by atoms with Gasteiger partial charge in [-0.05, 0) is 42.2 Å². The maximum Gasteiger partial charge on any atom is 0.341 e. The van der Waals surface area contributed by atoms with Crippen molar-refractivity contribution >= 4 is 11.9 Å². The van der Waals surface area contributed by atoms with E-state index in [9.17, 15) is 19.9 Å². The molecule has 2 aromatic carbocycles. The van der Waals surface area contributed by atoms with Crippen molar-refractivity contribution in [3.8, 4) is 17.2 Å². The molecule has 0 aliphatic carbocycles. The molecule has 0 saturated carbocycles. The van der Waals surface area contributed by atoms with E-state index in [-0.39, 0.29) is 26.9 Å². The number of rotatable bonds is 9. The number of hydrogen-bond acceptors (Lipinski definition) is 5.